The van der Waals surface area contributed by atoms with E-state index in [1.54, 1.807) is 0 Å². The number of rotatable bonds is 24. The zero-order chi connectivity index (χ0) is 40.8. The Morgan fingerprint density at radius 1 is 0.412 bits per heavy atom. The van der Waals surface area contributed by atoms with Crippen molar-refractivity contribution in [2.75, 3.05) is 0 Å². The van der Waals surface area contributed by atoms with Gasteiger partial charge in [0.1, 0.15) is 0 Å². The molecule has 0 aliphatic carbocycles. The van der Waals surface area contributed by atoms with Crippen LogP contribution in [0.5, 0.6) is 0 Å². The molecule has 0 rings (SSSR count). The number of hydrogen-bond acceptors (Lipinski definition) is 0. The van der Waals surface area contributed by atoms with E-state index >= 15 is 0 Å². The van der Waals surface area contributed by atoms with E-state index in [1.807, 2.05) is 0 Å². The van der Waals surface area contributed by atoms with Gasteiger partial charge in [0.15, 0.2) is 0 Å². The van der Waals surface area contributed by atoms with Crippen LogP contribution in [0.3, 0.4) is 0 Å². The van der Waals surface area contributed by atoms with Gasteiger partial charge in [-0.1, -0.05) is 0 Å². The molecule has 0 bridgehead atoms. The fraction of sp³-hybridized carbons (Fsp3) is 1.00. The van der Waals surface area contributed by atoms with Gasteiger partial charge in [-0.3, -0.25) is 0 Å². The summed E-state index contributed by atoms with van der Waals surface area (Å²) < 4.78 is 277. The van der Waals surface area contributed by atoms with E-state index in [1.165, 1.54) is 0 Å². The van der Waals surface area contributed by atoms with Gasteiger partial charge in [-0.2, -0.15) is 26.3 Å². The summed E-state index contributed by atoms with van der Waals surface area (Å²) in [6.45, 7) is 3.54. The summed E-state index contributed by atoms with van der Waals surface area (Å²) in [4.78, 5) is 0. The third-order valence-electron chi connectivity index (χ3n) is 7.73. The predicted molar refractivity (Wildman–Crippen MR) is 157 cm³/mol. The van der Waals surface area contributed by atoms with Crippen molar-refractivity contribution in [3.05, 3.63) is 0 Å². The fourth-order valence-corrected chi connectivity index (χ4v) is 59.7. The smallest absolute Gasteiger partial charge is 0.171 e. The quantitative estimate of drug-likeness (QED) is 0.0514. The number of unbranched alkanes of at least 4 members (excludes halogenated alkanes) is 6. The second kappa shape index (κ2) is 18.2. The molecule has 51 heavy (non-hydrogen) atoms. The summed E-state index contributed by atoms with van der Waals surface area (Å²) in [6, 6.07) is -4.09. The minimum Gasteiger partial charge on any atom is -0.171 e. The van der Waals surface area contributed by atoms with Gasteiger partial charge in [0, 0.05) is 0 Å². The van der Waals surface area contributed by atoms with Gasteiger partial charge in [0.05, 0.1) is 0 Å². The van der Waals surface area contributed by atoms with E-state index in [0.29, 0.717) is 0 Å². The zero-order valence-corrected chi connectivity index (χ0v) is 32.4. The summed E-state index contributed by atoms with van der Waals surface area (Å²) >= 11 is -2.48. The van der Waals surface area contributed by atoms with E-state index in [2.05, 4.69) is 0 Å². The molecule has 0 heterocycles. The Balaban J connectivity index is 5.57. The van der Waals surface area contributed by atoms with Gasteiger partial charge >= 0.3 is 268 Å². The second-order valence-electron chi connectivity index (χ2n) is 13.8. The molecule has 0 aromatic rings. The Hall–Kier alpha value is -0.177. The molecule has 2 unspecified atom stereocenters. The van der Waals surface area contributed by atoms with Crippen LogP contribution in [-0.4, -0.2) is 90.8 Å². The molecule has 0 fully saturated rings. The van der Waals surface area contributed by atoms with E-state index in [-0.39, 0.29) is 25.7 Å². The third-order valence-corrected chi connectivity index (χ3v) is 45.6. The molecule has 308 valence electrons. The molecule has 0 nitrogen and oxygen atoms in total. The predicted octanol–water partition coefficient (Wildman–Crippen LogP) is 13.4. The third kappa shape index (κ3) is 15.5. The molecule has 0 saturated heterocycles. The normalized spacial score (nSPS) is 16.5. The van der Waals surface area contributed by atoms with Crippen molar-refractivity contribution >= 4 is 30.6 Å². The first-order valence-corrected chi connectivity index (χ1v) is 29.0. The van der Waals surface area contributed by atoms with Crippen molar-refractivity contribution < 1.29 is 87.8 Å². The number of hydrogen-bond donors (Lipinski definition) is 0. The maximum atomic E-state index is 14.8. The Morgan fingerprint density at radius 2 is 0.667 bits per heavy atom. The first-order valence-electron chi connectivity index (χ1n) is 15.8. The summed E-state index contributed by atoms with van der Waals surface area (Å²) in [5.41, 5.74) is -8.03. The minimum absolute atomic E-state index is 0.248. The molecule has 0 N–H and O–H groups in total. The van der Waals surface area contributed by atoms with Gasteiger partial charge in [0.2, 0.25) is 0 Å². The molecule has 0 saturated carbocycles. The van der Waals surface area contributed by atoms with Gasteiger partial charge in [-0.15, -0.1) is 0 Å². The molecule has 0 spiro atoms. The maximum absolute atomic E-state index is 14.8. The fourth-order valence-electron chi connectivity index (χ4n) is 5.36. The zero-order valence-electron chi connectivity index (χ0n) is 28.0. The first kappa shape index (κ1) is 50.8. The molecule has 23 heteroatoms. The topological polar surface area (TPSA) is 0 Å². The van der Waals surface area contributed by atoms with Crippen LogP contribution in [0.4, 0.5) is 87.8 Å². The summed E-state index contributed by atoms with van der Waals surface area (Å²) in [6.07, 6.45) is -25.4. The second-order valence-corrected chi connectivity index (χ2v) is 46.6. The van der Waals surface area contributed by atoms with Gasteiger partial charge in [-0.05, 0) is 0 Å². The minimum atomic E-state index is -6.36. The van der Waals surface area contributed by atoms with E-state index in [4.69, 9.17) is 0 Å². The number of alkyl halides is 20. The van der Waals surface area contributed by atoms with Crippen LogP contribution in [0.2, 0.25) is 38.3 Å². The van der Waals surface area contributed by atoms with Crippen molar-refractivity contribution in [3.63, 3.8) is 0 Å². The number of halogens is 20. The molecule has 0 aromatic carbocycles. The SMILES string of the molecule is C[Si](C)(CC(F)(F)C(F)(F)C(F)(F)C(F)CCCCCCC(F)(F)F)[Te][Si](C)(C)CC(F)(F)C(F)(F)C(F)(F)C(F)CCCCCCC(F)(F)F. The van der Waals surface area contributed by atoms with Crippen molar-refractivity contribution in [2.24, 2.45) is 0 Å². The first-order chi connectivity index (χ1) is 22.4. The van der Waals surface area contributed by atoms with Gasteiger partial charge in [0.25, 0.3) is 0 Å². The standard InChI is InChI=1S/C28H42F20Si2Te/c1-49(2,17-21(31,32)27(45,46)25(41,42)19(29)13-9-5-7-11-15-23(35,36)37)51-50(3,4)18-22(33,34)28(47,48)26(43,44)20(30)14-10-6-8-12-16-24(38,39)40/h19-20H,5-18H2,1-4H3. The molecule has 0 amide bonds. The average Bonchev–Trinajstić information content (AvgIpc) is 2.88. The average molecular weight is 942 g/mol. The molecule has 2 atom stereocenters. The van der Waals surface area contributed by atoms with Crippen molar-refractivity contribution in [1.82, 2.24) is 0 Å². The van der Waals surface area contributed by atoms with Crippen LogP contribution in [0.15, 0.2) is 0 Å². The van der Waals surface area contributed by atoms with Crippen LogP contribution in [-0.2, 0) is 0 Å². The van der Waals surface area contributed by atoms with Gasteiger partial charge < -0.3 is 0 Å². The Morgan fingerprint density at radius 3 is 0.922 bits per heavy atom. The Kier molecular flexibility index (Phi) is 18.1. The van der Waals surface area contributed by atoms with E-state index < -0.39 is 154 Å². The molecule has 0 aromatic heterocycles. The van der Waals surface area contributed by atoms with Crippen molar-refractivity contribution in [3.8, 4) is 0 Å². The Bertz CT molecular complexity index is 962. The summed E-state index contributed by atoms with van der Waals surface area (Å²) in [5, 5.41) is 0. The monoisotopic (exact) mass is 944 g/mol. The molecular weight excluding hydrogens is 900 g/mol. The van der Waals surface area contributed by atoms with Crippen LogP contribution in [0, 0.1) is 0 Å². The van der Waals surface area contributed by atoms with E-state index in [0.717, 1.165) is 26.2 Å². The van der Waals surface area contributed by atoms with Crippen LogP contribution < -0.4 is 0 Å². The summed E-state index contributed by atoms with van der Waals surface area (Å²) in [5.74, 6) is -36.0. The Labute approximate surface area is 293 Å². The van der Waals surface area contributed by atoms with Crippen molar-refractivity contribution in [2.45, 2.75) is 176 Å². The van der Waals surface area contributed by atoms with E-state index in [9.17, 15) is 87.8 Å². The van der Waals surface area contributed by atoms with Crippen LogP contribution in [0.1, 0.15) is 77.0 Å². The molecule has 0 radical (unpaired) electrons. The van der Waals surface area contributed by atoms with Crippen LogP contribution in [0.25, 0.3) is 0 Å². The summed E-state index contributed by atoms with van der Waals surface area (Å²) in [7, 11) is 0. The molecule has 0 aliphatic rings. The van der Waals surface area contributed by atoms with Gasteiger partial charge in [-0.25, -0.2) is 0 Å². The molecule has 0 aliphatic heterocycles. The van der Waals surface area contributed by atoms with Crippen LogP contribution >= 0.6 is 0 Å². The molecular formula is C28H42F20Si2Te. The van der Waals surface area contributed by atoms with Crippen molar-refractivity contribution in [1.29, 1.82) is 0 Å².